The van der Waals surface area contributed by atoms with Crippen LogP contribution in [0.2, 0.25) is 19.6 Å². The van der Waals surface area contributed by atoms with Crippen molar-refractivity contribution in [3.05, 3.63) is 79.4 Å². The highest BCUT2D eigenvalue weighted by molar-refractivity contribution is 7.85. The maximum absolute atomic E-state index is 12.8. The Labute approximate surface area is 176 Å². The molecule has 0 saturated carbocycles. The van der Waals surface area contributed by atoms with E-state index >= 15 is 0 Å². The van der Waals surface area contributed by atoms with Gasteiger partial charge in [0.15, 0.2) is 3.57 Å². The standard InChI is InChI=1S/C13H15FIOSi.C7H8O3S/c1-17(2,3)13-9-8-12(16-13)15-11-6-4-10(14)5-7-11;1-6-2-4-7(5-3-6)11(8,9)10/h4-9H,1-3H3;2-5H,1H3,(H,8,9,10)/q+1;/p-1. The Morgan fingerprint density at radius 3 is 1.96 bits per heavy atom. The minimum Gasteiger partial charge on any atom is -0.744 e. The summed E-state index contributed by atoms with van der Waals surface area (Å²) < 4.78 is 52.1. The van der Waals surface area contributed by atoms with Gasteiger partial charge in [0.05, 0.1) is 10.3 Å². The lowest BCUT2D eigenvalue weighted by molar-refractivity contribution is -0.617. The monoisotopic (exact) mass is 532 g/mol. The van der Waals surface area contributed by atoms with Crippen LogP contribution in [0.25, 0.3) is 0 Å². The first kappa shape index (κ1) is 22.8. The normalized spacial score (nSPS) is 11.6. The number of hydrogen-bond donors (Lipinski definition) is 0. The molecule has 1 heterocycles. The van der Waals surface area contributed by atoms with E-state index in [0.717, 1.165) is 14.7 Å². The third-order valence-corrected chi connectivity index (χ3v) is 8.68. The molecule has 4 nitrogen and oxygen atoms in total. The second-order valence-corrected chi connectivity index (χ2v) is 16.4. The molecule has 0 atom stereocenters. The zero-order valence-corrected chi connectivity index (χ0v) is 20.0. The third kappa shape index (κ3) is 7.15. The summed E-state index contributed by atoms with van der Waals surface area (Å²) in [5.74, 6) is -0.181. The molecular formula is C20H22FIO4SSi. The summed E-state index contributed by atoms with van der Waals surface area (Å²) in [5.41, 5.74) is 0.928. The van der Waals surface area contributed by atoms with Gasteiger partial charge in [0.25, 0.3) is 0 Å². The first-order valence-electron chi connectivity index (χ1n) is 8.48. The number of furan rings is 1. The van der Waals surface area contributed by atoms with Crippen LogP contribution in [0.3, 0.4) is 0 Å². The van der Waals surface area contributed by atoms with E-state index in [0.29, 0.717) is 0 Å². The van der Waals surface area contributed by atoms with Crippen molar-refractivity contribution in [2.75, 3.05) is 0 Å². The van der Waals surface area contributed by atoms with Crippen LogP contribution in [0.5, 0.6) is 0 Å². The SMILES string of the molecule is C[Si](C)(C)c1ccc([I+]c2ccc(F)cc2)o1.Cc1ccc(S(=O)(=O)[O-])cc1. The van der Waals surface area contributed by atoms with Crippen molar-refractivity contribution in [1.82, 2.24) is 0 Å². The topological polar surface area (TPSA) is 70.3 Å². The molecule has 0 radical (unpaired) electrons. The molecule has 0 amide bonds. The van der Waals surface area contributed by atoms with Gasteiger partial charge in [-0.25, -0.2) is 12.8 Å². The van der Waals surface area contributed by atoms with Crippen LogP contribution in [-0.4, -0.2) is 21.0 Å². The predicted octanol–water partition coefficient (Wildman–Crippen LogP) is 0.991. The minimum atomic E-state index is -4.27. The highest BCUT2D eigenvalue weighted by Gasteiger charge is 2.26. The molecule has 0 N–H and O–H groups in total. The zero-order valence-electron chi connectivity index (χ0n) is 16.1. The molecule has 0 spiro atoms. The van der Waals surface area contributed by atoms with Gasteiger partial charge < -0.3 is 8.97 Å². The van der Waals surface area contributed by atoms with Gasteiger partial charge >= 0.3 is 25.0 Å². The molecule has 0 aliphatic heterocycles. The lowest BCUT2D eigenvalue weighted by Gasteiger charge is -2.09. The van der Waals surface area contributed by atoms with Crippen LogP contribution in [0.4, 0.5) is 4.39 Å². The van der Waals surface area contributed by atoms with Gasteiger partial charge in [-0.15, -0.1) is 0 Å². The third-order valence-electron chi connectivity index (χ3n) is 3.63. The molecule has 0 fully saturated rings. The van der Waals surface area contributed by atoms with Gasteiger partial charge in [0.2, 0.25) is 0 Å². The van der Waals surface area contributed by atoms with Crippen molar-refractivity contribution < 1.29 is 43.0 Å². The summed E-state index contributed by atoms with van der Waals surface area (Å²) in [6, 6.07) is 16.7. The van der Waals surface area contributed by atoms with Crippen molar-refractivity contribution in [2.24, 2.45) is 0 Å². The average Bonchev–Trinajstić information content (AvgIpc) is 3.06. The lowest BCUT2D eigenvalue weighted by atomic mass is 10.2. The zero-order chi connectivity index (χ0) is 20.9. The smallest absolute Gasteiger partial charge is 0.400 e. The molecule has 2 aromatic carbocycles. The number of rotatable bonds is 4. The second-order valence-electron chi connectivity index (χ2n) is 7.15. The molecule has 0 aliphatic carbocycles. The Kier molecular flexibility index (Phi) is 7.60. The van der Waals surface area contributed by atoms with Crippen LogP contribution in [0.15, 0.2) is 70.0 Å². The van der Waals surface area contributed by atoms with Gasteiger partial charge in [0, 0.05) is 6.07 Å². The van der Waals surface area contributed by atoms with Crippen molar-refractivity contribution in [3.63, 3.8) is 0 Å². The van der Waals surface area contributed by atoms with Gasteiger partial charge in [0.1, 0.15) is 24.0 Å². The average molecular weight is 532 g/mol. The highest BCUT2D eigenvalue weighted by atomic mass is 127. The Balaban J connectivity index is 0.000000221. The first-order valence-corrected chi connectivity index (χ1v) is 15.5. The predicted molar refractivity (Wildman–Crippen MR) is 105 cm³/mol. The highest BCUT2D eigenvalue weighted by Crippen LogP contribution is 2.08. The van der Waals surface area contributed by atoms with Crippen molar-refractivity contribution in [1.29, 1.82) is 0 Å². The summed E-state index contributed by atoms with van der Waals surface area (Å²) in [6.45, 7) is 8.63. The summed E-state index contributed by atoms with van der Waals surface area (Å²) >= 11 is -0.323. The summed E-state index contributed by atoms with van der Waals surface area (Å²) in [6.07, 6.45) is 0. The van der Waals surface area contributed by atoms with E-state index in [1.807, 2.05) is 19.1 Å². The molecule has 1 aromatic heterocycles. The molecule has 0 bridgehead atoms. The fourth-order valence-corrected chi connectivity index (χ4v) is 5.79. The molecule has 150 valence electrons. The lowest BCUT2D eigenvalue weighted by Crippen LogP contribution is -3.61. The quantitative estimate of drug-likeness (QED) is 0.286. The molecule has 3 rings (SSSR count). The second kappa shape index (κ2) is 9.34. The minimum absolute atomic E-state index is 0.178. The van der Waals surface area contributed by atoms with Crippen LogP contribution < -0.4 is 26.6 Å². The molecule has 8 heteroatoms. The van der Waals surface area contributed by atoms with E-state index in [1.54, 1.807) is 12.1 Å². The maximum Gasteiger partial charge on any atom is 0.400 e. The van der Waals surface area contributed by atoms with E-state index in [9.17, 15) is 17.4 Å². The molecular weight excluding hydrogens is 510 g/mol. The van der Waals surface area contributed by atoms with Gasteiger partial charge in [-0.05, 0) is 49.4 Å². The van der Waals surface area contributed by atoms with Crippen LogP contribution >= 0.6 is 0 Å². The Hall–Kier alpha value is -1.49. The fraction of sp³-hybridized carbons (Fsp3) is 0.200. The van der Waals surface area contributed by atoms with Crippen molar-refractivity contribution in [2.45, 2.75) is 31.5 Å². The summed E-state index contributed by atoms with van der Waals surface area (Å²) in [4.78, 5) is -0.178. The van der Waals surface area contributed by atoms with Crippen molar-refractivity contribution >= 4 is 23.6 Å². The Morgan fingerprint density at radius 1 is 0.929 bits per heavy atom. The van der Waals surface area contributed by atoms with E-state index in [2.05, 4.69) is 31.8 Å². The largest absolute Gasteiger partial charge is 0.744 e. The van der Waals surface area contributed by atoms with Crippen LogP contribution in [0, 0.1) is 20.1 Å². The number of benzene rings is 2. The number of aryl methyl sites for hydroxylation is 1. The van der Waals surface area contributed by atoms with Crippen LogP contribution in [0.1, 0.15) is 5.56 Å². The van der Waals surface area contributed by atoms with Gasteiger partial charge in [-0.3, -0.25) is 0 Å². The van der Waals surface area contributed by atoms with Gasteiger partial charge in [-0.2, -0.15) is 0 Å². The summed E-state index contributed by atoms with van der Waals surface area (Å²) in [7, 11) is -5.62. The van der Waals surface area contributed by atoms with Crippen molar-refractivity contribution in [3.8, 4) is 0 Å². The van der Waals surface area contributed by atoms with Crippen LogP contribution in [-0.2, 0) is 10.1 Å². The molecule has 3 aromatic rings. The molecule has 0 saturated heterocycles. The van der Waals surface area contributed by atoms with Gasteiger partial charge in [-0.1, -0.05) is 37.3 Å². The number of halogens is 2. The van der Waals surface area contributed by atoms with E-state index in [1.165, 1.54) is 27.8 Å². The Morgan fingerprint density at radius 2 is 1.50 bits per heavy atom. The molecule has 28 heavy (non-hydrogen) atoms. The fourth-order valence-electron chi connectivity index (χ4n) is 2.07. The number of hydrogen-bond acceptors (Lipinski definition) is 4. The maximum atomic E-state index is 12.8. The molecule has 0 aliphatic rings. The van der Waals surface area contributed by atoms with E-state index < -0.39 is 18.2 Å². The Bertz CT molecular complexity index is 1010. The molecule has 0 unspecified atom stereocenters. The van der Waals surface area contributed by atoms with E-state index in [4.69, 9.17) is 4.42 Å². The summed E-state index contributed by atoms with van der Waals surface area (Å²) in [5, 5.41) is 1.15. The first-order chi connectivity index (χ1) is 12.9. The van der Waals surface area contributed by atoms with E-state index in [-0.39, 0.29) is 31.9 Å².